The van der Waals surface area contributed by atoms with Crippen molar-refractivity contribution in [2.75, 3.05) is 0 Å². The van der Waals surface area contributed by atoms with Crippen LogP contribution in [0.2, 0.25) is 0 Å². The molecule has 0 spiro atoms. The Morgan fingerprint density at radius 1 is 1.44 bits per heavy atom. The van der Waals surface area contributed by atoms with Crippen molar-refractivity contribution in [3.63, 3.8) is 0 Å². The van der Waals surface area contributed by atoms with Crippen LogP contribution in [0.15, 0.2) is 41.3 Å². The van der Waals surface area contributed by atoms with E-state index in [0.29, 0.717) is 10.5 Å². The standard InChI is InChI=1S/C12H15NO4S/c1-8(2)9(3)15-12(14)10-6-4-5-7-11(10)18-17-16-13/h4-7,9H,1,13H2,2-3H3. The largest absolute Gasteiger partial charge is 0.455 e. The fraction of sp³-hybridized carbons (Fsp3) is 0.250. The molecule has 1 aromatic rings. The number of esters is 1. The van der Waals surface area contributed by atoms with E-state index in [1.807, 2.05) is 0 Å². The lowest BCUT2D eigenvalue weighted by Gasteiger charge is -2.14. The van der Waals surface area contributed by atoms with Crippen molar-refractivity contribution in [1.82, 2.24) is 0 Å². The predicted octanol–water partition coefficient (Wildman–Crippen LogP) is 2.64. The first kappa shape index (κ1) is 14.7. The highest BCUT2D eigenvalue weighted by atomic mass is 32.2. The van der Waals surface area contributed by atoms with E-state index < -0.39 is 5.97 Å². The molecule has 0 amide bonds. The summed E-state index contributed by atoms with van der Waals surface area (Å²) in [6.07, 6.45) is -0.345. The zero-order valence-electron chi connectivity index (χ0n) is 10.2. The zero-order valence-corrected chi connectivity index (χ0v) is 11.0. The zero-order chi connectivity index (χ0) is 13.5. The van der Waals surface area contributed by atoms with E-state index in [4.69, 9.17) is 10.6 Å². The number of nitrogens with two attached hydrogens (primary N) is 1. The summed E-state index contributed by atoms with van der Waals surface area (Å²) in [4.78, 5) is 16.5. The van der Waals surface area contributed by atoms with Crippen LogP contribution >= 0.6 is 12.0 Å². The monoisotopic (exact) mass is 269 g/mol. The van der Waals surface area contributed by atoms with Gasteiger partial charge in [0.05, 0.1) is 22.5 Å². The van der Waals surface area contributed by atoms with Crippen LogP contribution in [0.3, 0.4) is 0 Å². The summed E-state index contributed by atoms with van der Waals surface area (Å²) in [6.45, 7) is 7.29. The van der Waals surface area contributed by atoms with Crippen molar-refractivity contribution >= 4 is 18.0 Å². The minimum atomic E-state index is -0.450. The maximum absolute atomic E-state index is 11.9. The van der Waals surface area contributed by atoms with Crippen molar-refractivity contribution in [2.24, 2.45) is 5.90 Å². The third kappa shape index (κ3) is 4.15. The van der Waals surface area contributed by atoms with E-state index in [0.717, 1.165) is 17.6 Å². The number of benzene rings is 1. The summed E-state index contributed by atoms with van der Waals surface area (Å²) in [5, 5.41) is 0. The Kier molecular flexibility index (Phi) is 5.87. The molecule has 5 nitrogen and oxygen atoms in total. The summed E-state index contributed by atoms with van der Waals surface area (Å²) in [5.41, 5.74) is 1.16. The van der Waals surface area contributed by atoms with Crippen molar-refractivity contribution in [1.29, 1.82) is 0 Å². The van der Waals surface area contributed by atoms with Gasteiger partial charge in [0.1, 0.15) is 6.10 Å². The quantitative estimate of drug-likeness (QED) is 0.281. The average molecular weight is 269 g/mol. The molecule has 0 saturated heterocycles. The second-order valence-corrected chi connectivity index (χ2v) is 4.38. The molecule has 0 bridgehead atoms. The summed E-state index contributed by atoms with van der Waals surface area (Å²) in [6, 6.07) is 6.83. The van der Waals surface area contributed by atoms with Gasteiger partial charge in [-0.15, -0.1) is 9.32 Å². The highest BCUT2D eigenvalue weighted by Gasteiger charge is 2.16. The van der Waals surface area contributed by atoms with Gasteiger partial charge in [-0.05, 0) is 31.6 Å². The lowest BCUT2D eigenvalue weighted by Crippen LogP contribution is -2.16. The molecule has 0 saturated carbocycles. The molecule has 0 heterocycles. The molecule has 0 fully saturated rings. The molecular formula is C12H15NO4S. The molecule has 0 aliphatic rings. The highest BCUT2D eigenvalue weighted by Crippen LogP contribution is 2.24. The second kappa shape index (κ2) is 7.17. The third-order valence-corrected chi connectivity index (χ3v) is 2.93. The van der Waals surface area contributed by atoms with Crippen LogP contribution < -0.4 is 5.90 Å². The maximum atomic E-state index is 11.9. The number of carbonyl (C=O) groups excluding carboxylic acids is 1. The Bertz CT molecular complexity index is 436. The van der Waals surface area contributed by atoms with Gasteiger partial charge in [0, 0.05) is 0 Å². The Morgan fingerprint density at radius 2 is 2.11 bits per heavy atom. The molecule has 0 radical (unpaired) electrons. The van der Waals surface area contributed by atoms with E-state index in [1.165, 1.54) is 0 Å². The van der Waals surface area contributed by atoms with Crippen molar-refractivity contribution in [3.05, 3.63) is 42.0 Å². The fourth-order valence-corrected chi connectivity index (χ4v) is 1.58. The van der Waals surface area contributed by atoms with Crippen LogP contribution in [-0.2, 0) is 14.1 Å². The van der Waals surface area contributed by atoms with Gasteiger partial charge in [0.15, 0.2) is 0 Å². The van der Waals surface area contributed by atoms with E-state index in [-0.39, 0.29) is 6.10 Å². The van der Waals surface area contributed by atoms with Crippen LogP contribution in [0.4, 0.5) is 0 Å². The van der Waals surface area contributed by atoms with Gasteiger partial charge in [0.25, 0.3) is 0 Å². The van der Waals surface area contributed by atoms with Crippen LogP contribution in [-0.4, -0.2) is 12.1 Å². The SMILES string of the molecule is C=C(C)C(C)OC(=O)c1ccccc1SOON. The molecular weight excluding hydrogens is 254 g/mol. The highest BCUT2D eigenvalue weighted by molar-refractivity contribution is 7.94. The number of hydrogen-bond acceptors (Lipinski definition) is 6. The summed E-state index contributed by atoms with van der Waals surface area (Å²) in [7, 11) is 0. The molecule has 1 unspecified atom stereocenters. The molecule has 0 aliphatic heterocycles. The number of carbonyl (C=O) groups is 1. The second-order valence-electron chi connectivity index (χ2n) is 3.64. The molecule has 2 N–H and O–H groups in total. The molecule has 1 aromatic carbocycles. The van der Waals surface area contributed by atoms with Gasteiger partial charge in [-0.25, -0.2) is 4.79 Å². The number of hydrogen-bond donors (Lipinski definition) is 1. The van der Waals surface area contributed by atoms with Crippen LogP contribution in [0, 0.1) is 0 Å². The Labute approximate surface area is 110 Å². The van der Waals surface area contributed by atoms with Gasteiger partial charge < -0.3 is 4.74 Å². The van der Waals surface area contributed by atoms with Crippen molar-refractivity contribution < 1.29 is 18.9 Å². The third-order valence-electron chi connectivity index (χ3n) is 2.25. The summed E-state index contributed by atoms with van der Waals surface area (Å²) >= 11 is 0.840. The first-order valence-electron chi connectivity index (χ1n) is 5.21. The number of ether oxygens (including phenoxy) is 1. The van der Waals surface area contributed by atoms with Gasteiger partial charge in [0.2, 0.25) is 0 Å². The Morgan fingerprint density at radius 3 is 2.72 bits per heavy atom. The van der Waals surface area contributed by atoms with E-state index >= 15 is 0 Å². The molecule has 98 valence electrons. The van der Waals surface area contributed by atoms with Crippen molar-refractivity contribution in [2.45, 2.75) is 24.8 Å². The maximum Gasteiger partial charge on any atom is 0.339 e. The van der Waals surface area contributed by atoms with Crippen molar-refractivity contribution in [3.8, 4) is 0 Å². The number of rotatable bonds is 6. The van der Waals surface area contributed by atoms with E-state index in [1.54, 1.807) is 38.1 Å². The predicted molar refractivity (Wildman–Crippen MR) is 68.3 cm³/mol. The van der Waals surface area contributed by atoms with Crippen LogP contribution in [0.1, 0.15) is 24.2 Å². The molecule has 1 rings (SSSR count). The molecule has 18 heavy (non-hydrogen) atoms. The Hall–Kier alpha value is -1.34. The topological polar surface area (TPSA) is 70.8 Å². The van der Waals surface area contributed by atoms with Crippen LogP contribution in [0.25, 0.3) is 0 Å². The lowest BCUT2D eigenvalue weighted by molar-refractivity contribution is -0.195. The molecule has 0 aliphatic carbocycles. The van der Waals surface area contributed by atoms with Gasteiger partial charge in [-0.3, -0.25) is 0 Å². The smallest absolute Gasteiger partial charge is 0.339 e. The summed E-state index contributed by atoms with van der Waals surface area (Å²) in [5.74, 6) is 4.30. The minimum absolute atomic E-state index is 0.345. The normalized spacial score (nSPS) is 11.9. The molecule has 0 aromatic heterocycles. The van der Waals surface area contributed by atoms with Gasteiger partial charge in [-0.1, -0.05) is 18.7 Å². The Balaban J connectivity index is 2.81. The van der Waals surface area contributed by atoms with Crippen LogP contribution in [0.5, 0.6) is 0 Å². The van der Waals surface area contributed by atoms with E-state index in [9.17, 15) is 4.79 Å². The molecule has 6 heteroatoms. The fourth-order valence-electron chi connectivity index (χ4n) is 1.09. The molecule has 1 atom stereocenters. The lowest BCUT2D eigenvalue weighted by atomic mass is 10.2. The van der Waals surface area contributed by atoms with Gasteiger partial charge >= 0.3 is 5.97 Å². The first-order chi connectivity index (χ1) is 8.56. The summed E-state index contributed by atoms with van der Waals surface area (Å²) < 4.78 is 9.77. The average Bonchev–Trinajstić information content (AvgIpc) is 2.36. The first-order valence-corrected chi connectivity index (χ1v) is 5.96. The minimum Gasteiger partial charge on any atom is -0.455 e. The van der Waals surface area contributed by atoms with E-state index in [2.05, 4.69) is 15.9 Å². The van der Waals surface area contributed by atoms with Gasteiger partial charge in [-0.2, -0.15) is 5.90 Å².